The van der Waals surface area contributed by atoms with E-state index < -0.39 is 7.14 Å². The third-order valence-electron chi connectivity index (χ3n) is 8.46. The Morgan fingerprint density at radius 2 is 1.02 bits per heavy atom. The molecule has 204 valence electrons. The minimum Gasteiger partial charge on any atom is -0.309 e. The molecule has 0 aliphatic heterocycles. The van der Waals surface area contributed by atoms with Gasteiger partial charge in [0, 0.05) is 32.4 Å². The van der Waals surface area contributed by atoms with E-state index in [0.717, 1.165) is 43.4 Å². The van der Waals surface area contributed by atoms with Crippen LogP contribution in [0.1, 0.15) is 0 Å². The van der Waals surface area contributed by atoms with Crippen LogP contribution in [0.15, 0.2) is 170 Å². The summed E-state index contributed by atoms with van der Waals surface area (Å²) in [5.74, 6) is 0. The van der Waals surface area contributed by atoms with Crippen molar-refractivity contribution in [1.82, 2.24) is 4.57 Å². The van der Waals surface area contributed by atoms with Gasteiger partial charge in [-0.05, 0) is 58.3 Å². The number of rotatable bonds is 5. The number of aromatic nitrogens is 1. The molecule has 3 heteroatoms. The van der Waals surface area contributed by atoms with Crippen LogP contribution in [0.2, 0.25) is 0 Å². The lowest BCUT2D eigenvalue weighted by atomic mass is 9.98. The molecule has 1 heterocycles. The lowest BCUT2D eigenvalue weighted by Crippen LogP contribution is -2.24. The molecule has 8 rings (SSSR count). The van der Waals surface area contributed by atoms with Crippen LogP contribution in [0.5, 0.6) is 0 Å². The molecule has 0 spiro atoms. The summed E-state index contributed by atoms with van der Waals surface area (Å²) < 4.78 is 17.5. The molecule has 0 radical (unpaired) electrons. The van der Waals surface area contributed by atoms with E-state index in [2.05, 4.69) is 114 Å². The first-order valence-electron chi connectivity index (χ1n) is 14.6. The third kappa shape index (κ3) is 4.14. The van der Waals surface area contributed by atoms with E-state index in [1.54, 1.807) is 0 Å². The van der Waals surface area contributed by atoms with Crippen LogP contribution in [-0.2, 0) is 4.57 Å². The smallest absolute Gasteiger partial charge is 0.171 e. The van der Waals surface area contributed by atoms with Crippen molar-refractivity contribution in [3.05, 3.63) is 170 Å². The summed E-state index contributed by atoms with van der Waals surface area (Å²) in [4.78, 5) is 0. The van der Waals surface area contributed by atoms with Crippen LogP contribution in [0.3, 0.4) is 0 Å². The number of hydrogen-bond donors (Lipinski definition) is 0. The molecule has 1 aromatic heterocycles. The fourth-order valence-corrected chi connectivity index (χ4v) is 9.12. The molecule has 0 bridgehead atoms. The van der Waals surface area contributed by atoms with E-state index >= 15 is 4.57 Å². The van der Waals surface area contributed by atoms with Gasteiger partial charge in [0.2, 0.25) is 0 Å². The fourth-order valence-electron chi connectivity index (χ4n) is 6.45. The van der Waals surface area contributed by atoms with E-state index in [9.17, 15) is 0 Å². The van der Waals surface area contributed by atoms with Gasteiger partial charge in [-0.3, -0.25) is 0 Å². The molecule has 7 aromatic carbocycles. The summed E-state index contributed by atoms with van der Waals surface area (Å²) in [5, 5.41) is 7.23. The average molecular weight is 570 g/mol. The zero-order chi connectivity index (χ0) is 28.8. The Hall–Kier alpha value is -5.17. The summed E-state index contributed by atoms with van der Waals surface area (Å²) in [5.41, 5.74) is 5.70. The van der Waals surface area contributed by atoms with Crippen molar-refractivity contribution in [2.24, 2.45) is 0 Å². The Bertz CT molecular complexity index is 2270. The first-order chi connectivity index (χ1) is 21.2. The van der Waals surface area contributed by atoms with Gasteiger partial charge in [0.15, 0.2) is 7.14 Å². The molecular formula is C40H28NOP. The standard InChI is InChI=1S/C40H28NOP/c42-43(32-17-3-1-4-18-32,33-19-5-2-6-20-33)34-25-26-40-38(28-34)37-22-9-10-24-39(37)41(40)31-16-11-15-30(27-31)36-23-12-14-29-13-7-8-21-35(29)36/h1-28H. The second kappa shape index (κ2) is 10.3. The monoisotopic (exact) mass is 569 g/mol. The Morgan fingerprint density at radius 3 is 1.79 bits per heavy atom. The van der Waals surface area contributed by atoms with Crippen molar-refractivity contribution < 1.29 is 4.57 Å². The molecule has 8 aromatic rings. The Labute approximate surface area is 250 Å². The van der Waals surface area contributed by atoms with Gasteiger partial charge in [-0.1, -0.05) is 133 Å². The van der Waals surface area contributed by atoms with Crippen molar-refractivity contribution >= 4 is 55.6 Å². The minimum atomic E-state index is -3.10. The van der Waals surface area contributed by atoms with E-state index in [0.29, 0.717) is 0 Å². The molecule has 43 heavy (non-hydrogen) atoms. The van der Waals surface area contributed by atoms with Gasteiger partial charge in [-0.15, -0.1) is 0 Å². The normalized spacial score (nSPS) is 11.8. The van der Waals surface area contributed by atoms with E-state index in [4.69, 9.17) is 0 Å². The van der Waals surface area contributed by atoms with E-state index in [1.807, 2.05) is 60.7 Å². The molecule has 2 nitrogen and oxygen atoms in total. The van der Waals surface area contributed by atoms with Crippen LogP contribution in [0.4, 0.5) is 0 Å². The van der Waals surface area contributed by atoms with Crippen LogP contribution < -0.4 is 15.9 Å². The van der Waals surface area contributed by atoms with Crippen molar-refractivity contribution in [2.45, 2.75) is 0 Å². The van der Waals surface area contributed by atoms with Crippen LogP contribution in [0, 0.1) is 0 Å². The number of hydrogen-bond acceptors (Lipinski definition) is 1. The highest BCUT2D eigenvalue weighted by Crippen LogP contribution is 2.44. The number of nitrogens with zero attached hydrogens (tertiary/aromatic N) is 1. The topological polar surface area (TPSA) is 22.0 Å². The highest BCUT2D eigenvalue weighted by Gasteiger charge is 2.30. The molecule has 0 aliphatic rings. The van der Waals surface area contributed by atoms with Gasteiger partial charge < -0.3 is 9.13 Å². The van der Waals surface area contributed by atoms with Crippen LogP contribution in [0.25, 0.3) is 49.4 Å². The minimum absolute atomic E-state index is 0.838. The molecule has 0 unspecified atom stereocenters. The molecule has 0 aliphatic carbocycles. The summed E-state index contributed by atoms with van der Waals surface area (Å²) in [6, 6.07) is 58.5. The number of fused-ring (bicyclic) bond motifs is 4. The molecule has 0 amide bonds. The van der Waals surface area contributed by atoms with Crippen molar-refractivity contribution in [3.63, 3.8) is 0 Å². The van der Waals surface area contributed by atoms with Gasteiger partial charge in [0.05, 0.1) is 11.0 Å². The van der Waals surface area contributed by atoms with Gasteiger partial charge in [0.25, 0.3) is 0 Å². The largest absolute Gasteiger partial charge is 0.309 e. The molecule has 0 saturated heterocycles. The lowest BCUT2D eigenvalue weighted by molar-refractivity contribution is 0.592. The average Bonchev–Trinajstić information content (AvgIpc) is 3.42. The van der Waals surface area contributed by atoms with Crippen molar-refractivity contribution in [2.75, 3.05) is 0 Å². The highest BCUT2D eigenvalue weighted by atomic mass is 31.2. The zero-order valence-electron chi connectivity index (χ0n) is 23.5. The maximum Gasteiger partial charge on any atom is 0.171 e. The Kier molecular flexibility index (Phi) is 6.10. The van der Waals surface area contributed by atoms with Crippen molar-refractivity contribution in [3.8, 4) is 16.8 Å². The van der Waals surface area contributed by atoms with Gasteiger partial charge in [-0.2, -0.15) is 0 Å². The second-order valence-corrected chi connectivity index (χ2v) is 13.7. The summed E-state index contributed by atoms with van der Waals surface area (Å²) in [6.45, 7) is 0. The summed E-state index contributed by atoms with van der Waals surface area (Å²) in [7, 11) is -3.10. The highest BCUT2D eigenvalue weighted by molar-refractivity contribution is 7.85. The molecular weight excluding hydrogens is 541 g/mol. The molecule has 0 N–H and O–H groups in total. The van der Waals surface area contributed by atoms with Gasteiger partial charge >= 0.3 is 0 Å². The molecule has 0 fully saturated rings. The summed E-state index contributed by atoms with van der Waals surface area (Å²) in [6.07, 6.45) is 0. The maximum atomic E-state index is 15.2. The molecule has 0 saturated carbocycles. The quantitative estimate of drug-likeness (QED) is 0.189. The predicted octanol–water partition coefficient (Wildman–Crippen LogP) is 9.24. The predicted molar refractivity (Wildman–Crippen MR) is 183 cm³/mol. The van der Waals surface area contributed by atoms with E-state index in [-0.39, 0.29) is 0 Å². The third-order valence-corrected chi connectivity index (χ3v) is 11.5. The van der Waals surface area contributed by atoms with Crippen molar-refractivity contribution in [1.29, 1.82) is 0 Å². The van der Waals surface area contributed by atoms with Crippen LogP contribution in [-0.4, -0.2) is 4.57 Å². The van der Waals surface area contributed by atoms with Gasteiger partial charge in [0.1, 0.15) is 0 Å². The number of para-hydroxylation sites is 1. The summed E-state index contributed by atoms with van der Waals surface area (Å²) >= 11 is 0. The molecule has 0 atom stereocenters. The zero-order valence-corrected chi connectivity index (χ0v) is 24.4. The maximum absolute atomic E-state index is 15.2. The Morgan fingerprint density at radius 1 is 0.419 bits per heavy atom. The fraction of sp³-hybridized carbons (Fsp3) is 0. The number of benzene rings is 7. The first-order valence-corrected chi connectivity index (χ1v) is 16.3. The second-order valence-electron chi connectivity index (χ2n) is 10.9. The van der Waals surface area contributed by atoms with E-state index in [1.165, 1.54) is 21.9 Å². The Balaban J connectivity index is 1.35. The van der Waals surface area contributed by atoms with Crippen LogP contribution >= 0.6 is 7.14 Å². The lowest BCUT2D eigenvalue weighted by Gasteiger charge is -2.20. The van der Waals surface area contributed by atoms with Gasteiger partial charge in [-0.25, -0.2) is 0 Å². The SMILES string of the molecule is O=P(c1ccccc1)(c1ccccc1)c1ccc2c(c1)c1ccccc1n2-c1cccc(-c2cccc3ccccc23)c1. The first kappa shape index (κ1) is 25.5.